The number of nitrogens with zero attached hydrogens (tertiary/aromatic N) is 6. The molecule has 0 aliphatic carbocycles. The zero-order valence-corrected chi connectivity index (χ0v) is 9.51. The minimum Gasteiger partial charge on any atom is -0.222 e. The molecule has 3 rings (SSSR count). The summed E-state index contributed by atoms with van der Waals surface area (Å²) in [6.07, 6.45) is 0. The van der Waals surface area contributed by atoms with E-state index in [1.54, 1.807) is 11.0 Å². The second-order valence-corrected chi connectivity index (χ2v) is 4.43. The molecule has 0 aliphatic heterocycles. The van der Waals surface area contributed by atoms with Gasteiger partial charge >= 0.3 is 0 Å². The van der Waals surface area contributed by atoms with Gasteiger partial charge in [0, 0.05) is 0 Å². The van der Waals surface area contributed by atoms with Crippen molar-refractivity contribution in [1.82, 2.24) is 28.3 Å². The van der Waals surface area contributed by atoms with Crippen LogP contribution in [0.1, 0.15) is 0 Å². The highest BCUT2D eigenvalue weighted by Gasteiger charge is 2.17. The highest BCUT2D eigenvalue weighted by Crippen LogP contribution is 2.28. The quantitative estimate of drug-likeness (QED) is 0.691. The van der Waals surface area contributed by atoms with Crippen LogP contribution in [-0.2, 0) is 0 Å². The lowest BCUT2D eigenvalue weighted by atomic mass is 10.3. The molecule has 0 atom stereocenters. The van der Waals surface area contributed by atoms with E-state index in [0.29, 0.717) is 17.2 Å². The maximum Gasteiger partial charge on any atom is 0.194 e. The Hall–Kier alpha value is -1.32. The van der Waals surface area contributed by atoms with Gasteiger partial charge in [-0.1, -0.05) is 11.3 Å². The molecule has 3 heterocycles. The summed E-state index contributed by atoms with van der Waals surface area (Å²) < 4.78 is 12.5. The molecular formula is C6H2N6S3. The molecular weight excluding hydrogens is 252 g/mol. The van der Waals surface area contributed by atoms with Crippen molar-refractivity contribution in [2.24, 2.45) is 0 Å². The summed E-state index contributed by atoms with van der Waals surface area (Å²) in [6, 6.07) is 0. The molecule has 0 spiro atoms. The summed E-state index contributed by atoms with van der Waals surface area (Å²) in [5.41, 5.74) is 4.71. The van der Waals surface area contributed by atoms with Gasteiger partial charge in [-0.15, -0.1) is 10.2 Å². The zero-order valence-electron chi connectivity index (χ0n) is 7.06. The first kappa shape index (κ1) is 8.95. The van der Waals surface area contributed by atoms with Crippen LogP contribution in [-0.4, -0.2) is 28.3 Å². The van der Waals surface area contributed by atoms with E-state index in [1.807, 2.05) is 0 Å². The topological polar surface area (TPSA) is 77.3 Å². The molecule has 0 saturated heterocycles. The summed E-state index contributed by atoms with van der Waals surface area (Å²) in [6.45, 7) is 0. The van der Waals surface area contributed by atoms with Crippen LogP contribution in [0.5, 0.6) is 0 Å². The van der Waals surface area contributed by atoms with Crippen LogP contribution in [0.25, 0.3) is 22.2 Å². The first-order valence-corrected chi connectivity index (χ1v) is 6.25. The Labute approximate surface area is 96.2 Å². The van der Waals surface area contributed by atoms with E-state index in [4.69, 9.17) is 0 Å². The fourth-order valence-electron chi connectivity index (χ4n) is 1.03. The maximum atomic E-state index is 4.18. The summed E-state index contributed by atoms with van der Waals surface area (Å²) >= 11 is 3.83. The van der Waals surface area contributed by atoms with Crippen molar-refractivity contribution in [3.63, 3.8) is 0 Å². The lowest BCUT2D eigenvalue weighted by Gasteiger charge is -1.90. The average molecular weight is 254 g/mol. The van der Waals surface area contributed by atoms with Crippen LogP contribution >= 0.6 is 34.6 Å². The second-order valence-electron chi connectivity index (χ2n) is 2.46. The molecule has 0 aromatic carbocycles. The Morgan fingerprint density at radius 3 is 2.67 bits per heavy atom. The van der Waals surface area contributed by atoms with Gasteiger partial charge in [0.1, 0.15) is 16.7 Å². The summed E-state index contributed by atoms with van der Waals surface area (Å²) in [5.74, 6) is 0.596. The third kappa shape index (κ3) is 1.54. The molecule has 0 radical (unpaired) electrons. The van der Waals surface area contributed by atoms with E-state index in [9.17, 15) is 0 Å². The largest absolute Gasteiger partial charge is 0.222 e. The third-order valence-electron chi connectivity index (χ3n) is 1.62. The Kier molecular flexibility index (Phi) is 2.19. The van der Waals surface area contributed by atoms with Crippen LogP contribution in [0.2, 0.25) is 0 Å². The van der Waals surface area contributed by atoms with Crippen molar-refractivity contribution in [3.05, 3.63) is 11.0 Å². The van der Waals surface area contributed by atoms with Gasteiger partial charge in [0.25, 0.3) is 0 Å². The molecule has 9 heteroatoms. The normalized spacial score (nSPS) is 10.7. The fourth-order valence-corrected chi connectivity index (χ4v) is 2.60. The van der Waals surface area contributed by atoms with Gasteiger partial charge in [0.15, 0.2) is 16.5 Å². The molecule has 0 N–H and O–H groups in total. The van der Waals surface area contributed by atoms with E-state index in [-0.39, 0.29) is 0 Å². The van der Waals surface area contributed by atoms with Gasteiger partial charge in [0.05, 0.1) is 11.7 Å². The van der Waals surface area contributed by atoms with E-state index in [1.165, 1.54) is 22.9 Å². The summed E-state index contributed by atoms with van der Waals surface area (Å²) in [7, 11) is 0. The molecule has 0 bridgehead atoms. The molecule has 0 amide bonds. The third-order valence-corrected chi connectivity index (χ3v) is 3.33. The van der Waals surface area contributed by atoms with E-state index in [0.717, 1.165) is 16.7 Å². The Bertz CT molecular complexity index is 492. The van der Waals surface area contributed by atoms with Crippen LogP contribution < -0.4 is 0 Å². The predicted molar refractivity (Wildman–Crippen MR) is 57.7 cm³/mol. The Morgan fingerprint density at radius 2 is 1.93 bits per heavy atom. The molecule has 0 aliphatic rings. The minimum absolute atomic E-state index is 0.596. The van der Waals surface area contributed by atoms with Crippen molar-refractivity contribution in [3.8, 4) is 22.2 Å². The van der Waals surface area contributed by atoms with Crippen LogP contribution in [0.15, 0.2) is 11.0 Å². The standard InChI is InChI=1S/C6H2N6S3/c1-7-5(12-14-1)3-4(11-15-10-3)6-9-8-2-13-6/h1-2H. The molecule has 6 nitrogen and oxygen atoms in total. The number of hydrogen-bond donors (Lipinski definition) is 0. The number of hydrogen-bond acceptors (Lipinski definition) is 9. The van der Waals surface area contributed by atoms with Gasteiger partial charge in [-0.25, -0.2) is 4.98 Å². The van der Waals surface area contributed by atoms with E-state index < -0.39 is 0 Å². The monoisotopic (exact) mass is 254 g/mol. The SMILES string of the molecule is c1nc(-c2nsnc2-c2nncs2)ns1. The van der Waals surface area contributed by atoms with Crippen molar-refractivity contribution in [1.29, 1.82) is 0 Å². The first-order valence-electron chi connectivity index (χ1n) is 3.81. The minimum atomic E-state index is 0.596. The smallest absolute Gasteiger partial charge is 0.194 e. The predicted octanol–water partition coefficient (Wildman–Crippen LogP) is 1.58. The Balaban J connectivity index is 2.15. The van der Waals surface area contributed by atoms with Gasteiger partial charge in [-0.3, -0.25) is 0 Å². The summed E-state index contributed by atoms with van der Waals surface area (Å²) in [5, 5.41) is 8.46. The van der Waals surface area contributed by atoms with Gasteiger partial charge < -0.3 is 0 Å². The lowest BCUT2D eigenvalue weighted by Crippen LogP contribution is -1.85. The van der Waals surface area contributed by atoms with Gasteiger partial charge in [0.2, 0.25) is 0 Å². The molecule has 15 heavy (non-hydrogen) atoms. The first-order chi connectivity index (χ1) is 7.45. The number of aromatic nitrogens is 6. The lowest BCUT2D eigenvalue weighted by molar-refractivity contribution is 1.09. The van der Waals surface area contributed by atoms with Crippen molar-refractivity contribution < 1.29 is 0 Å². The maximum absolute atomic E-state index is 4.18. The number of rotatable bonds is 2. The Morgan fingerprint density at radius 1 is 1.00 bits per heavy atom. The average Bonchev–Trinajstić information content (AvgIpc) is 3.01. The van der Waals surface area contributed by atoms with Gasteiger partial charge in [-0.2, -0.15) is 13.1 Å². The van der Waals surface area contributed by atoms with Crippen LogP contribution in [0.4, 0.5) is 0 Å². The molecule has 3 aromatic heterocycles. The summed E-state index contributed by atoms with van der Waals surface area (Å²) in [4.78, 5) is 4.10. The van der Waals surface area contributed by atoms with E-state index in [2.05, 4.69) is 28.3 Å². The fraction of sp³-hybridized carbons (Fsp3) is 0. The van der Waals surface area contributed by atoms with Crippen LogP contribution in [0, 0.1) is 0 Å². The second kappa shape index (κ2) is 3.68. The molecule has 74 valence electrons. The van der Waals surface area contributed by atoms with E-state index >= 15 is 0 Å². The van der Waals surface area contributed by atoms with Gasteiger partial charge in [-0.05, 0) is 11.5 Å². The zero-order chi connectivity index (χ0) is 10.1. The van der Waals surface area contributed by atoms with Crippen molar-refractivity contribution in [2.45, 2.75) is 0 Å². The van der Waals surface area contributed by atoms with Crippen molar-refractivity contribution in [2.75, 3.05) is 0 Å². The molecule has 0 fully saturated rings. The molecule has 0 saturated carbocycles. The van der Waals surface area contributed by atoms with Crippen LogP contribution in [0.3, 0.4) is 0 Å². The highest BCUT2D eigenvalue weighted by molar-refractivity contribution is 7.13. The molecule has 0 unspecified atom stereocenters. The molecule has 3 aromatic rings. The van der Waals surface area contributed by atoms with Crippen molar-refractivity contribution >= 4 is 34.6 Å². The highest BCUT2D eigenvalue weighted by atomic mass is 32.1.